The fourth-order valence-electron chi connectivity index (χ4n) is 4.64. The predicted molar refractivity (Wildman–Crippen MR) is 96.8 cm³/mol. The van der Waals surface area contributed by atoms with E-state index in [-0.39, 0.29) is 5.97 Å². The van der Waals surface area contributed by atoms with Crippen LogP contribution in [0.1, 0.15) is 41.0 Å². The zero-order valence-electron chi connectivity index (χ0n) is 13.8. The summed E-state index contributed by atoms with van der Waals surface area (Å²) in [7, 11) is 0. The van der Waals surface area contributed by atoms with Crippen molar-refractivity contribution in [2.75, 3.05) is 0 Å². The third-order valence-electron chi connectivity index (χ3n) is 5.70. The minimum absolute atomic E-state index is 0.170. The monoisotopic (exact) mass is 326 g/mol. The van der Waals surface area contributed by atoms with Gasteiger partial charge in [-0.1, -0.05) is 66.7 Å². The van der Waals surface area contributed by atoms with Gasteiger partial charge in [0, 0.05) is 5.92 Å². The Balaban J connectivity index is 1.71. The summed E-state index contributed by atoms with van der Waals surface area (Å²) in [6.07, 6.45) is 1.79. The molecule has 0 amide bonds. The van der Waals surface area contributed by atoms with Gasteiger partial charge in [-0.15, -0.1) is 0 Å². The summed E-state index contributed by atoms with van der Waals surface area (Å²) in [6.45, 7) is 0. The average molecular weight is 326 g/mol. The number of esters is 1. The van der Waals surface area contributed by atoms with Crippen molar-refractivity contribution in [2.24, 2.45) is 0 Å². The lowest BCUT2D eigenvalue weighted by Gasteiger charge is -2.47. The number of rotatable bonds is 2. The number of hydrogen-bond acceptors (Lipinski definition) is 2. The molecule has 2 heteroatoms. The molecule has 0 saturated heterocycles. The van der Waals surface area contributed by atoms with Crippen LogP contribution in [0.5, 0.6) is 5.75 Å². The van der Waals surface area contributed by atoms with Crippen molar-refractivity contribution in [1.29, 1.82) is 0 Å². The first-order valence-corrected chi connectivity index (χ1v) is 8.77. The standard InChI is InChI=1S/C23H18O2/c24-22(25-16-8-2-1-3-9-16)23-15-14-17(18-10-4-6-12-20(18)23)19-11-5-7-13-21(19)23/h1-13,17H,14-15H2. The van der Waals surface area contributed by atoms with Crippen LogP contribution in [0, 0.1) is 0 Å². The highest BCUT2D eigenvalue weighted by molar-refractivity contribution is 5.92. The molecule has 2 bridgehead atoms. The van der Waals surface area contributed by atoms with Crippen LogP contribution >= 0.6 is 0 Å². The molecule has 2 nitrogen and oxygen atoms in total. The highest BCUT2D eigenvalue weighted by Gasteiger charge is 2.54. The third-order valence-corrected chi connectivity index (χ3v) is 5.70. The van der Waals surface area contributed by atoms with Crippen molar-refractivity contribution in [2.45, 2.75) is 24.2 Å². The van der Waals surface area contributed by atoms with E-state index in [0.29, 0.717) is 11.7 Å². The number of ether oxygens (including phenoxy) is 1. The van der Waals surface area contributed by atoms with Crippen LogP contribution in [-0.2, 0) is 10.2 Å². The number of benzene rings is 3. The summed E-state index contributed by atoms with van der Waals surface area (Å²) in [4.78, 5) is 13.4. The van der Waals surface area contributed by atoms with Crippen LogP contribution in [0.25, 0.3) is 0 Å². The van der Waals surface area contributed by atoms with E-state index in [4.69, 9.17) is 4.74 Å². The molecule has 3 aliphatic rings. The van der Waals surface area contributed by atoms with Gasteiger partial charge in [-0.05, 0) is 47.2 Å². The van der Waals surface area contributed by atoms with E-state index in [2.05, 4.69) is 36.4 Å². The fourth-order valence-corrected chi connectivity index (χ4v) is 4.64. The summed E-state index contributed by atoms with van der Waals surface area (Å²) in [6, 6.07) is 26.1. The summed E-state index contributed by atoms with van der Waals surface area (Å²) in [5.41, 5.74) is 4.09. The van der Waals surface area contributed by atoms with Gasteiger partial charge in [-0.25, -0.2) is 0 Å². The van der Waals surface area contributed by atoms with Crippen LogP contribution in [0.15, 0.2) is 78.9 Å². The highest BCUT2D eigenvalue weighted by Crippen LogP contribution is 2.56. The topological polar surface area (TPSA) is 26.3 Å². The lowest BCUT2D eigenvalue weighted by Crippen LogP contribution is -2.48. The largest absolute Gasteiger partial charge is 0.426 e. The van der Waals surface area contributed by atoms with Crippen molar-refractivity contribution < 1.29 is 9.53 Å². The van der Waals surface area contributed by atoms with Gasteiger partial charge in [-0.2, -0.15) is 0 Å². The first-order valence-electron chi connectivity index (χ1n) is 8.77. The Morgan fingerprint density at radius 2 is 1.36 bits per heavy atom. The molecule has 3 aromatic rings. The Bertz CT molecular complexity index is 911. The SMILES string of the molecule is O=C(Oc1ccccc1)C12CCC(c3ccccc31)c1ccccc12. The van der Waals surface area contributed by atoms with Gasteiger partial charge in [-0.3, -0.25) is 4.79 Å². The molecule has 0 aliphatic heterocycles. The molecule has 0 N–H and O–H groups in total. The van der Waals surface area contributed by atoms with Crippen LogP contribution in [0.2, 0.25) is 0 Å². The smallest absolute Gasteiger partial charge is 0.326 e. The predicted octanol–water partition coefficient (Wildman–Crippen LogP) is 4.82. The van der Waals surface area contributed by atoms with Crippen molar-refractivity contribution >= 4 is 5.97 Å². The van der Waals surface area contributed by atoms with E-state index in [1.54, 1.807) is 0 Å². The van der Waals surface area contributed by atoms with Gasteiger partial charge in [0.2, 0.25) is 0 Å². The number of fused-ring (bicyclic) bond motifs is 1. The molecular weight excluding hydrogens is 308 g/mol. The summed E-state index contributed by atoms with van der Waals surface area (Å²) in [5, 5.41) is 0. The minimum atomic E-state index is -0.697. The van der Waals surface area contributed by atoms with E-state index < -0.39 is 5.41 Å². The number of hydrogen-bond donors (Lipinski definition) is 0. The van der Waals surface area contributed by atoms with Crippen LogP contribution in [0.3, 0.4) is 0 Å². The number of carbonyl (C=O) groups excluding carboxylic acids is 1. The second kappa shape index (κ2) is 5.32. The van der Waals surface area contributed by atoms with Crippen LogP contribution in [-0.4, -0.2) is 5.97 Å². The van der Waals surface area contributed by atoms with Gasteiger partial charge >= 0.3 is 5.97 Å². The van der Waals surface area contributed by atoms with Gasteiger partial charge in [0.15, 0.2) is 0 Å². The first kappa shape index (κ1) is 14.5. The lowest BCUT2D eigenvalue weighted by atomic mass is 9.55. The van der Waals surface area contributed by atoms with Gasteiger partial charge in [0.05, 0.1) is 0 Å². The van der Waals surface area contributed by atoms with Crippen LogP contribution in [0.4, 0.5) is 0 Å². The van der Waals surface area contributed by atoms with Crippen molar-refractivity contribution in [3.8, 4) is 5.75 Å². The third kappa shape index (κ3) is 1.94. The normalized spacial score (nSPS) is 22.8. The molecule has 0 saturated carbocycles. The second-order valence-electron chi connectivity index (χ2n) is 6.87. The Kier molecular flexibility index (Phi) is 3.08. The Labute approximate surface area is 147 Å². The van der Waals surface area contributed by atoms with E-state index in [9.17, 15) is 4.79 Å². The Morgan fingerprint density at radius 1 is 0.800 bits per heavy atom. The van der Waals surface area contributed by atoms with Gasteiger partial charge in [0.25, 0.3) is 0 Å². The molecule has 25 heavy (non-hydrogen) atoms. The van der Waals surface area contributed by atoms with Crippen LogP contribution < -0.4 is 4.74 Å². The molecule has 0 radical (unpaired) electrons. The Morgan fingerprint density at radius 3 is 2.00 bits per heavy atom. The minimum Gasteiger partial charge on any atom is -0.426 e. The molecule has 0 heterocycles. The maximum absolute atomic E-state index is 13.4. The summed E-state index contributed by atoms with van der Waals surface area (Å²) in [5.74, 6) is 0.820. The van der Waals surface area contributed by atoms with Crippen molar-refractivity contribution in [3.05, 3.63) is 101 Å². The van der Waals surface area contributed by atoms with E-state index in [1.165, 1.54) is 11.1 Å². The molecule has 0 fully saturated rings. The second-order valence-corrected chi connectivity index (χ2v) is 6.87. The average Bonchev–Trinajstić information content (AvgIpc) is 2.69. The molecule has 6 rings (SSSR count). The van der Waals surface area contributed by atoms with Gasteiger partial charge in [0.1, 0.15) is 11.2 Å². The van der Waals surface area contributed by atoms with E-state index >= 15 is 0 Å². The molecule has 0 unspecified atom stereocenters. The summed E-state index contributed by atoms with van der Waals surface area (Å²) < 4.78 is 5.85. The molecule has 3 aromatic carbocycles. The zero-order valence-corrected chi connectivity index (χ0v) is 13.8. The fraction of sp³-hybridized carbons (Fsp3) is 0.174. The van der Waals surface area contributed by atoms with Gasteiger partial charge < -0.3 is 4.74 Å². The Hall–Kier alpha value is -2.87. The van der Waals surface area contributed by atoms with Crippen molar-refractivity contribution in [3.63, 3.8) is 0 Å². The molecule has 0 aromatic heterocycles. The number of para-hydroxylation sites is 1. The maximum atomic E-state index is 13.4. The lowest BCUT2D eigenvalue weighted by molar-refractivity contribution is -0.140. The first-order chi connectivity index (χ1) is 12.3. The summed E-state index contributed by atoms with van der Waals surface area (Å²) >= 11 is 0. The molecule has 3 aliphatic carbocycles. The number of carbonyl (C=O) groups is 1. The van der Waals surface area contributed by atoms with E-state index in [1.807, 2.05) is 42.5 Å². The molecular formula is C23H18O2. The molecule has 122 valence electrons. The van der Waals surface area contributed by atoms with Crippen molar-refractivity contribution in [1.82, 2.24) is 0 Å². The molecule has 0 atom stereocenters. The maximum Gasteiger partial charge on any atom is 0.326 e. The zero-order chi connectivity index (χ0) is 16.9. The molecule has 0 spiro atoms. The quantitative estimate of drug-likeness (QED) is 0.499. The van der Waals surface area contributed by atoms with E-state index in [0.717, 1.165) is 24.0 Å². The highest BCUT2D eigenvalue weighted by atomic mass is 16.5.